The third kappa shape index (κ3) is 5.42. The molecule has 0 amide bonds. The Morgan fingerprint density at radius 3 is 2.41 bits per heavy atom. The highest BCUT2D eigenvalue weighted by Crippen LogP contribution is 2.37. The number of aromatic nitrogens is 2. The Balaban J connectivity index is 1.68. The molecule has 1 fully saturated rings. The predicted octanol–water partition coefficient (Wildman–Crippen LogP) is 3.92. The zero-order chi connectivity index (χ0) is 21.1. The molecule has 1 aliphatic rings. The highest BCUT2D eigenvalue weighted by atomic mass is 28.4. The van der Waals surface area contributed by atoms with Crippen LogP contribution in [0, 0.1) is 0 Å². The van der Waals surface area contributed by atoms with Crippen LogP contribution in [0.2, 0.25) is 18.1 Å². The van der Waals surface area contributed by atoms with Gasteiger partial charge in [-0.3, -0.25) is 0 Å². The summed E-state index contributed by atoms with van der Waals surface area (Å²) in [6.07, 6.45) is 2.66. The second-order valence-electron chi connectivity index (χ2n) is 9.11. The molecule has 1 atom stereocenters. The fourth-order valence-corrected chi connectivity index (χ4v) is 3.89. The van der Waals surface area contributed by atoms with E-state index in [1.54, 1.807) is 12.4 Å². The first-order chi connectivity index (χ1) is 13.7. The average Bonchev–Trinajstić information content (AvgIpc) is 2.72. The topological polar surface area (TPSA) is 67.7 Å². The summed E-state index contributed by atoms with van der Waals surface area (Å²) in [7, 11) is -1.82. The van der Waals surface area contributed by atoms with Crippen LogP contribution >= 0.6 is 0 Å². The fourth-order valence-electron chi connectivity index (χ4n) is 2.92. The second kappa shape index (κ2) is 8.91. The molecule has 2 heterocycles. The normalized spacial score (nSPS) is 16.7. The van der Waals surface area contributed by atoms with Gasteiger partial charge in [-0.1, -0.05) is 45.0 Å². The maximum absolute atomic E-state index is 10.8. The van der Waals surface area contributed by atoms with Gasteiger partial charge in [-0.25, -0.2) is 9.97 Å². The number of ether oxygens (including phenoxy) is 1. The molecule has 2 aromatic rings. The van der Waals surface area contributed by atoms with Gasteiger partial charge < -0.3 is 19.2 Å². The zero-order valence-electron chi connectivity index (χ0n) is 18.2. The lowest BCUT2D eigenvalue weighted by molar-refractivity contribution is 0.122. The molecule has 6 nitrogen and oxygen atoms in total. The molecule has 0 radical (unpaired) electrons. The van der Waals surface area contributed by atoms with Crippen LogP contribution in [0.1, 0.15) is 43.6 Å². The molecular weight excluding hydrogens is 382 g/mol. The maximum atomic E-state index is 10.8. The van der Waals surface area contributed by atoms with Crippen molar-refractivity contribution >= 4 is 14.3 Å². The zero-order valence-corrected chi connectivity index (χ0v) is 19.2. The molecule has 1 aliphatic heterocycles. The van der Waals surface area contributed by atoms with E-state index in [9.17, 15) is 5.11 Å². The molecule has 1 aromatic carbocycles. The van der Waals surface area contributed by atoms with E-state index < -0.39 is 14.4 Å². The molecule has 0 saturated carbocycles. The highest BCUT2D eigenvalue weighted by molar-refractivity contribution is 6.74. The Bertz CT molecular complexity index is 800. The molecule has 1 N–H and O–H groups in total. The van der Waals surface area contributed by atoms with Gasteiger partial charge in [0.1, 0.15) is 6.10 Å². The molecule has 0 bridgehead atoms. The van der Waals surface area contributed by atoms with Crippen molar-refractivity contribution in [2.75, 3.05) is 31.2 Å². The van der Waals surface area contributed by atoms with E-state index in [-0.39, 0.29) is 5.04 Å². The number of hydrogen-bond acceptors (Lipinski definition) is 6. The first kappa shape index (κ1) is 21.9. The monoisotopic (exact) mass is 415 g/mol. The molecule has 1 saturated heterocycles. The van der Waals surface area contributed by atoms with Crippen LogP contribution in [0.25, 0.3) is 0 Å². The van der Waals surface area contributed by atoms with Crippen molar-refractivity contribution in [1.29, 1.82) is 0 Å². The molecule has 0 spiro atoms. The van der Waals surface area contributed by atoms with Gasteiger partial charge in [0.05, 0.1) is 19.8 Å². The maximum Gasteiger partial charge on any atom is 0.225 e. The van der Waals surface area contributed by atoms with E-state index in [0.717, 1.165) is 24.2 Å². The average molecular weight is 416 g/mol. The van der Waals surface area contributed by atoms with Gasteiger partial charge in [0.2, 0.25) is 5.95 Å². The minimum absolute atomic E-state index is 0.170. The summed E-state index contributed by atoms with van der Waals surface area (Å²) in [4.78, 5) is 11.0. The summed E-state index contributed by atoms with van der Waals surface area (Å²) in [6, 6.07) is 7.94. The first-order valence-corrected chi connectivity index (χ1v) is 13.1. The number of aliphatic hydroxyl groups is 1. The molecule has 1 unspecified atom stereocenters. The van der Waals surface area contributed by atoms with Crippen LogP contribution in [-0.2, 0) is 15.8 Å². The van der Waals surface area contributed by atoms with Crippen molar-refractivity contribution in [3.05, 3.63) is 53.3 Å². The van der Waals surface area contributed by atoms with Gasteiger partial charge >= 0.3 is 0 Å². The number of benzene rings is 1. The van der Waals surface area contributed by atoms with E-state index in [2.05, 4.69) is 48.7 Å². The van der Waals surface area contributed by atoms with E-state index in [0.29, 0.717) is 31.3 Å². The van der Waals surface area contributed by atoms with Crippen LogP contribution in [0.15, 0.2) is 36.7 Å². The Morgan fingerprint density at radius 1 is 1.14 bits per heavy atom. The van der Waals surface area contributed by atoms with Crippen molar-refractivity contribution in [1.82, 2.24) is 9.97 Å². The minimum atomic E-state index is -1.82. The Kier molecular flexibility index (Phi) is 6.73. The number of anilines is 1. The third-order valence-corrected chi connectivity index (χ3v) is 10.4. The van der Waals surface area contributed by atoms with Gasteiger partial charge in [0.25, 0.3) is 0 Å². The van der Waals surface area contributed by atoms with Crippen molar-refractivity contribution in [2.45, 2.75) is 51.6 Å². The molecule has 7 heteroatoms. The molecule has 158 valence electrons. The van der Waals surface area contributed by atoms with Crippen LogP contribution in [-0.4, -0.2) is 49.7 Å². The van der Waals surface area contributed by atoms with Gasteiger partial charge in [0.15, 0.2) is 8.32 Å². The minimum Gasteiger partial charge on any atom is -0.413 e. The second-order valence-corrected chi connectivity index (χ2v) is 13.9. The largest absolute Gasteiger partial charge is 0.413 e. The van der Waals surface area contributed by atoms with Crippen molar-refractivity contribution < 1.29 is 14.3 Å². The molecule has 29 heavy (non-hydrogen) atoms. The summed E-state index contributed by atoms with van der Waals surface area (Å²) < 4.78 is 11.7. The van der Waals surface area contributed by atoms with Crippen molar-refractivity contribution in [3.63, 3.8) is 0 Å². The summed E-state index contributed by atoms with van der Waals surface area (Å²) in [5.74, 6) is 0.681. The van der Waals surface area contributed by atoms with Crippen molar-refractivity contribution in [2.24, 2.45) is 0 Å². The van der Waals surface area contributed by atoms with Gasteiger partial charge in [-0.15, -0.1) is 0 Å². The number of hydrogen-bond donors (Lipinski definition) is 1. The number of morpholine rings is 1. The van der Waals surface area contributed by atoms with Crippen LogP contribution in [0.3, 0.4) is 0 Å². The third-order valence-electron chi connectivity index (χ3n) is 5.94. The number of aliphatic hydroxyl groups excluding tert-OH is 1. The lowest BCUT2D eigenvalue weighted by Crippen LogP contribution is -2.40. The summed E-state index contributed by atoms with van der Waals surface area (Å²) in [6.45, 7) is 14.7. The molecular formula is C22H33N3O3Si. The van der Waals surface area contributed by atoms with Crippen LogP contribution in [0.4, 0.5) is 5.95 Å². The lowest BCUT2D eigenvalue weighted by atomic mass is 10.0. The number of nitrogens with zero attached hydrogens (tertiary/aromatic N) is 3. The Hall–Kier alpha value is -1.80. The predicted molar refractivity (Wildman–Crippen MR) is 118 cm³/mol. The smallest absolute Gasteiger partial charge is 0.225 e. The van der Waals surface area contributed by atoms with Gasteiger partial charge in [-0.2, -0.15) is 0 Å². The van der Waals surface area contributed by atoms with E-state index in [1.807, 2.05) is 24.3 Å². The molecule has 0 aliphatic carbocycles. The highest BCUT2D eigenvalue weighted by Gasteiger charge is 2.37. The fraction of sp³-hybridized carbons (Fsp3) is 0.545. The van der Waals surface area contributed by atoms with Gasteiger partial charge in [-0.05, 0) is 29.3 Å². The molecule has 1 aromatic heterocycles. The Labute approximate surface area is 175 Å². The van der Waals surface area contributed by atoms with Crippen LogP contribution < -0.4 is 4.90 Å². The van der Waals surface area contributed by atoms with E-state index >= 15 is 0 Å². The lowest BCUT2D eigenvalue weighted by Gasteiger charge is -2.36. The summed E-state index contributed by atoms with van der Waals surface area (Å²) in [5, 5.41) is 11.0. The number of rotatable bonds is 6. The molecule has 3 rings (SSSR count). The SMILES string of the molecule is CC(C)(C)[Si](C)(C)OCc1cccc(C(O)c2cnc(N3CCOCC3)nc2)c1. The van der Waals surface area contributed by atoms with E-state index in [4.69, 9.17) is 9.16 Å². The van der Waals surface area contributed by atoms with Gasteiger partial charge in [0, 0.05) is 31.0 Å². The standard InChI is InChI=1S/C22H33N3O3Si/c1-22(2,3)29(4,5)28-16-17-7-6-8-18(13-17)20(26)19-14-23-21(24-15-19)25-9-11-27-12-10-25/h6-8,13-15,20,26H,9-12,16H2,1-5H3. The quantitative estimate of drug-likeness (QED) is 0.722. The summed E-state index contributed by atoms with van der Waals surface area (Å²) in [5.41, 5.74) is 2.57. The van der Waals surface area contributed by atoms with Crippen LogP contribution in [0.5, 0.6) is 0 Å². The summed E-state index contributed by atoms with van der Waals surface area (Å²) >= 11 is 0. The van der Waals surface area contributed by atoms with Crippen molar-refractivity contribution in [3.8, 4) is 0 Å². The van der Waals surface area contributed by atoms with E-state index in [1.165, 1.54) is 0 Å². The first-order valence-electron chi connectivity index (χ1n) is 10.2. The Morgan fingerprint density at radius 2 is 1.79 bits per heavy atom.